The Kier molecular flexibility index (Phi) is 4.77. The van der Waals surface area contributed by atoms with Crippen LogP contribution >= 0.6 is 34.4 Å². The molecule has 29 heavy (non-hydrogen) atoms. The van der Waals surface area contributed by atoms with Crippen LogP contribution in [-0.2, 0) is 18.3 Å². The van der Waals surface area contributed by atoms with E-state index in [9.17, 15) is 9.59 Å². The van der Waals surface area contributed by atoms with Gasteiger partial charge in [0.1, 0.15) is 4.83 Å². The van der Waals surface area contributed by atoms with Crippen molar-refractivity contribution in [3.05, 3.63) is 63.1 Å². The molecule has 0 fully saturated rings. The predicted molar refractivity (Wildman–Crippen MR) is 121 cm³/mol. The topological polar surface area (TPSA) is 55.2 Å². The zero-order valence-corrected chi connectivity index (χ0v) is 18.1. The zero-order valence-electron chi connectivity index (χ0n) is 15.6. The fraction of sp³-hybridized carbons (Fsp3) is 0.190. The fourth-order valence-corrected chi connectivity index (χ4v) is 6.25. The average Bonchev–Trinajstić information content (AvgIpc) is 3.48. The SMILES string of the molecule is Cn1c(SCC(=O)N2CCc3ccccc32)nc2scc(-c3cccs3)c2c1=O. The number of hydrogen-bond donors (Lipinski definition) is 0. The largest absolute Gasteiger partial charge is 0.311 e. The number of hydrogen-bond acceptors (Lipinski definition) is 6. The Morgan fingerprint density at radius 2 is 2.07 bits per heavy atom. The van der Waals surface area contributed by atoms with Crippen LogP contribution in [0.15, 0.2) is 57.1 Å². The van der Waals surface area contributed by atoms with Gasteiger partial charge in [-0.2, -0.15) is 0 Å². The molecular weight excluding hydrogens is 422 g/mol. The second kappa shape index (κ2) is 7.44. The van der Waals surface area contributed by atoms with E-state index in [1.165, 1.54) is 28.7 Å². The van der Waals surface area contributed by atoms with Crippen LogP contribution in [0.1, 0.15) is 5.56 Å². The van der Waals surface area contributed by atoms with Crippen LogP contribution in [0, 0.1) is 0 Å². The molecule has 4 aromatic rings. The molecule has 0 spiro atoms. The number of rotatable bonds is 4. The van der Waals surface area contributed by atoms with Crippen LogP contribution in [0.2, 0.25) is 0 Å². The number of carbonyl (C=O) groups excluding carboxylic acids is 1. The molecule has 8 heteroatoms. The maximum atomic E-state index is 13.0. The highest BCUT2D eigenvalue weighted by atomic mass is 32.2. The minimum absolute atomic E-state index is 0.0414. The number of thioether (sulfide) groups is 1. The minimum atomic E-state index is -0.0684. The maximum absolute atomic E-state index is 13.0. The molecule has 0 saturated heterocycles. The molecule has 0 unspecified atom stereocenters. The molecule has 146 valence electrons. The van der Waals surface area contributed by atoms with Gasteiger partial charge in [-0.25, -0.2) is 4.98 Å². The summed E-state index contributed by atoms with van der Waals surface area (Å²) in [6.45, 7) is 0.708. The minimum Gasteiger partial charge on any atom is -0.311 e. The number of amides is 1. The number of thiophene rings is 2. The molecular formula is C21H17N3O2S3. The van der Waals surface area contributed by atoms with Gasteiger partial charge in [-0.3, -0.25) is 14.2 Å². The van der Waals surface area contributed by atoms with E-state index in [0.29, 0.717) is 17.1 Å². The fourth-order valence-electron chi connectivity index (χ4n) is 3.60. The lowest BCUT2D eigenvalue weighted by Crippen LogP contribution is -2.30. The number of para-hydroxylation sites is 1. The van der Waals surface area contributed by atoms with E-state index in [1.807, 2.05) is 46.0 Å². The number of fused-ring (bicyclic) bond motifs is 2. The summed E-state index contributed by atoms with van der Waals surface area (Å²) >= 11 is 4.41. The molecule has 1 aliphatic rings. The molecule has 0 bridgehead atoms. The molecule has 5 nitrogen and oxygen atoms in total. The maximum Gasteiger partial charge on any atom is 0.263 e. The Morgan fingerprint density at radius 1 is 1.21 bits per heavy atom. The lowest BCUT2D eigenvalue weighted by atomic mass is 10.2. The van der Waals surface area contributed by atoms with Gasteiger partial charge in [0.15, 0.2) is 5.16 Å². The van der Waals surface area contributed by atoms with Crippen LogP contribution in [0.5, 0.6) is 0 Å². The summed E-state index contributed by atoms with van der Waals surface area (Å²) in [7, 11) is 1.72. The Labute approximate surface area is 179 Å². The van der Waals surface area contributed by atoms with Gasteiger partial charge in [-0.15, -0.1) is 22.7 Å². The van der Waals surface area contributed by atoms with Gasteiger partial charge >= 0.3 is 0 Å². The van der Waals surface area contributed by atoms with Crippen molar-refractivity contribution in [1.82, 2.24) is 9.55 Å². The van der Waals surface area contributed by atoms with Gasteiger partial charge in [0.2, 0.25) is 5.91 Å². The van der Waals surface area contributed by atoms with Gasteiger partial charge in [0.25, 0.3) is 5.56 Å². The van der Waals surface area contributed by atoms with Gasteiger partial charge in [0.05, 0.1) is 11.1 Å². The number of carbonyl (C=O) groups is 1. The number of aromatic nitrogens is 2. The molecule has 0 aliphatic carbocycles. The highest BCUT2D eigenvalue weighted by Gasteiger charge is 2.24. The first kappa shape index (κ1) is 18.6. The quantitative estimate of drug-likeness (QED) is 0.349. The van der Waals surface area contributed by atoms with Crippen molar-refractivity contribution in [3.8, 4) is 10.4 Å². The van der Waals surface area contributed by atoms with Gasteiger partial charge in [-0.1, -0.05) is 36.0 Å². The van der Waals surface area contributed by atoms with Gasteiger partial charge in [0, 0.05) is 35.1 Å². The van der Waals surface area contributed by atoms with Crippen LogP contribution in [0.25, 0.3) is 20.7 Å². The molecule has 0 atom stereocenters. The van der Waals surface area contributed by atoms with Crippen LogP contribution in [0.4, 0.5) is 5.69 Å². The van der Waals surface area contributed by atoms with Gasteiger partial charge < -0.3 is 4.90 Å². The summed E-state index contributed by atoms with van der Waals surface area (Å²) in [5.41, 5.74) is 3.07. The first-order chi connectivity index (χ1) is 14.1. The summed E-state index contributed by atoms with van der Waals surface area (Å²) in [5, 5.41) is 5.22. The second-order valence-corrected chi connectivity index (χ2v) is 9.53. The Hall–Kier alpha value is -2.42. The normalized spacial score (nSPS) is 13.2. The Balaban J connectivity index is 1.41. The van der Waals surface area contributed by atoms with Gasteiger partial charge in [-0.05, 0) is 29.5 Å². The molecule has 0 saturated carbocycles. The third-order valence-electron chi connectivity index (χ3n) is 5.07. The van der Waals surface area contributed by atoms with Crippen molar-refractivity contribution in [1.29, 1.82) is 0 Å². The monoisotopic (exact) mass is 439 g/mol. The molecule has 1 aliphatic heterocycles. The Bertz CT molecular complexity index is 1270. The van der Waals surface area contributed by atoms with E-state index in [4.69, 9.17) is 0 Å². The highest BCUT2D eigenvalue weighted by molar-refractivity contribution is 7.99. The molecule has 5 rings (SSSR count). The lowest BCUT2D eigenvalue weighted by Gasteiger charge is -2.17. The molecule has 4 heterocycles. The van der Waals surface area contributed by atoms with E-state index in [2.05, 4.69) is 11.1 Å². The molecule has 1 amide bonds. The summed E-state index contributed by atoms with van der Waals surface area (Å²) < 4.78 is 1.56. The second-order valence-electron chi connectivity index (χ2n) is 6.78. The summed E-state index contributed by atoms with van der Waals surface area (Å²) in [6, 6.07) is 12.0. The first-order valence-corrected chi connectivity index (χ1v) is 11.9. The third-order valence-corrected chi connectivity index (χ3v) is 7.86. The van der Waals surface area contributed by atoms with E-state index in [-0.39, 0.29) is 17.2 Å². The van der Waals surface area contributed by atoms with Crippen molar-refractivity contribution in [2.45, 2.75) is 11.6 Å². The highest BCUT2D eigenvalue weighted by Crippen LogP contribution is 2.34. The van der Waals surface area contributed by atoms with Crippen molar-refractivity contribution >= 4 is 56.2 Å². The van der Waals surface area contributed by atoms with E-state index < -0.39 is 0 Å². The van der Waals surface area contributed by atoms with Crippen molar-refractivity contribution < 1.29 is 4.79 Å². The molecule has 0 N–H and O–H groups in total. The third kappa shape index (κ3) is 3.21. The standard InChI is InChI=1S/C21H17N3O2S3/c1-23-20(26)18-14(16-7-4-10-27-16)11-28-19(18)22-21(23)29-12-17(25)24-9-8-13-5-2-3-6-15(13)24/h2-7,10-11H,8-9,12H2,1H3. The van der Waals surface area contributed by atoms with Crippen molar-refractivity contribution in [2.24, 2.45) is 7.05 Å². The van der Waals surface area contributed by atoms with Crippen molar-refractivity contribution in [2.75, 3.05) is 17.2 Å². The van der Waals surface area contributed by atoms with E-state index in [1.54, 1.807) is 23.0 Å². The van der Waals surface area contributed by atoms with Crippen LogP contribution < -0.4 is 10.5 Å². The van der Waals surface area contributed by atoms with Crippen LogP contribution in [0.3, 0.4) is 0 Å². The summed E-state index contributed by atoms with van der Waals surface area (Å²) in [6.07, 6.45) is 0.885. The lowest BCUT2D eigenvalue weighted by molar-refractivity contribution is -0.116. The smallest absolute Gasteiger partial charge is 0.263 e. The van der Waals surface area contributed by atoms with Crippen molar-refractivity contribution in [3.63, 3.8) is 0 Å². The Morgan fingerprint density at radius 3 is 2.90 bits per heavy atom. The molecule has 0 radical (unpaired) electrons. The van der Waals surface area contributed by atoms with E-state index >= 15 is 0 Å². The number of anilines is 1. The average molecular weight is 440 g/mol. The first-order valence-electron chi connectivity index (χ1n) is 9.16. The molecule has 3 aromatic heterocycles. The van der Waals surface area contributed by atoms with Crippen LogP contribution in [-0.4, -0.2) is 27.8 Å². The zero-order chi connectivity index (χ0) is 20.0. The summed E-state index contributed by atoms with van der Waals surface area (Å²) in [5.74, 6) is 0.295. The van der Waals surface area contributed by atoms with E-state index in [0.717, 1.165) is 27.4 Å². The summed E-state index contributed by atoms with van der Waals surface area (Å²) in [4.78, 5) is 34.1. The molecule has 1 aromatic carbocycles. The number of benzene rings is 1. The predicted octanol–water partition coefficient (Wildman–Crippen LogP) is 4.40. The number of nitrogens with zero attached hydrogens (tertiary/aromatic N) is 3.